The molecular formula is C17H19ClN4O3. The first-order chi connectivity index (χ1) is 12.0. The van der Waals surface area contributed by atoms with Gasteiger partial charge in [0, 0.05) is 19.5 Å². The van der Waals surface area contributed by atoms with E-state index in [2.05, 4.69) is 10.3 Å². The number of aliphatic carboxylic acids is 1. The molecule has 7 nitrogen and oxygen atoms in total. The summed E-state index contributed by atoms with van der Waals surface area (Å²) in [5.74, 6) is -0.767. The van der Waals surface area contributed by atoms with Crippen LogP contribution < -0.4 is 0 Å². The highest BCUT2D eigenvalue weighted by Crippen LogP contribution is 2.23. The van der Waals surface area contributed by atoms with Gasteiger partial charge in [-0.05, 0) is 37.3 Å². The second-order valence-electron chi connectivity index (χ2n) is 6.19. The Labute approximate surface area is 150 Å². The summed E-state index contributed by atoms with van der Waals surface area (Å²) in [4.78, 5) is 25.1. The Bertz CT molecular complexity index is 777. The van der Waals surface area contributed by atoms with Gasteiger partial charge in [0.2, 0.25) is 0 Å². The Hall–Kier alpha value is -2.41. The van der Waals surface area contributed by atoms with Crippen LogP contribution in [0.4, 0.5) is 0 Å². The zero-order valence-electron chi connectivity index (χ0n) is 13.6. The molecule has 1 atom stereocenters. The lowest BCUT2D eigenvalue weighted by atomic mass is 9.93. The van der Waals surface area contributed by atoms with Gasteiger partial charge in [0.05, 0.1) is 16.9 Å². The van der Waals surface area contributed by atoms with Gasteiger partial charge in [-0.3, -0.25) is 9.59 Å². The van der Waals surface area contributed by atoms with Gasteiger partial charge in [0.15, 0.2) is 5.69 Å². The lowest BCUT2D eigenvalue weighted by Crippen LogP contribution is -2.40. The van der Waals surface area contributed by atoms with Crippen molar-refractivity contribution >= 4 is 23.5 Å². The molecule has 1 aromatic heterocycles. The molecule has 1 amide bonds. The molecular weight excluding hydrogens is 344 g/mol. The molecule has 8 heteroatoms. The molecule has 1 saturated heterocycles. The topological polar surface area (TPSA) is 88.3 Å². The second kappa shape index (κ2) is 7.65. The number of para-hydroxylation sites is 1. The van der Waals surface area contributed by atoms with Gasteiger partial charge in [-0.15, -0.1) is 5.10 Å². The minimum Gasteiger partial charge on any atom is -0.481 e. The monoisotopic (exact) mass is 362 g/mol. The number of halogens is 1. The molecule has 0 bridgehead atoms. The maximum atomic E-state index is 12.7. The predicted octanol–water partition coefficient (Wildman–Crippen LogP) is 2.64. The Morgan fingerprint density at radius 3 is 2.88 bits per heavy atom. The van der Waals surface area contributed by atoms with Crippen molar-refractivity contribution in [3.05, 3.63) is 41.2 Å². The molecule has 132 valence electrons. The first kappa shape index (κ1) is 17.4. The number of likely N-dealkylation sites (tertiary alicyclic amines) is 1. The summed E-state index contributed by atoms with van der Waals surface area (Å²) >= 11 is 6.14. The quantitative estimate of drug-likeness (QED) is 0.883. The van der Waals surface area contributed by atoms with E-state index in [9.17, 15) is 9.59 Å². The minimum absolute atomic E-state index is 0.134. The third-order valence-electron chi connectivity index (χ3n) is 4.38. The molecule has 0 saturated carbocycles. The van der Waals surface area contributed by atoms with Crippen LogP contribution in [0.5, 0.6) is 0 Å². The summed E-state index contributed by atoms with van der Waals surface area (Å²) in [6, 6.07) is 7.20. The van der Waals surface area contributed by atoms with E-state index in [1.54, 1.807) is 23.2 Å². The van der Waals surface area contributed by atoms with E-state index in [1.807, 2.05) is 12.1 Å². The van der Waals surface area contributed by atoms with E-state index in [4.69, 9.17) is 16.7 Å². The summed E-state index contributed by atoms with van der Waals surface area (Å²) in [6.45, 7) is 1.21. The Morgan fingerprint density at radius 1 is 1.32 bits per heavy atom. The molecule has 1 aliphatic heterocycles. The third-order valence-corrected chi connectivity index (χ3v) is 4.70. The van der Waals surface area contributed by atoms with Crippen molar-refractivity contribution in [3.63, 3.8) is 0 Å². The number of carboxylic acids is 1. The maximum absolute atomic E-state index is 12.7. The average molecular weight is 363 g/mol. The highest BCUT2D eigenvalue weighted by molar-refractivity contribution is 6.32. The number of piperidine rings is 1. The maximum Gasteiger partial charge on any atom is 0.303 e. The Balaban J connectivity index is 1.69. The number of carbonyl (C=O) groups is 2. The number of hydrogen-bond donors (Lipinski definition) is 1. The predicted molar refractivity (Wildman–Crippen MR) is 91.9 cm³/mol. The van der Waals surface area contributed by atoms with Crippen LogP contribution >= 0.6 is 11.6 Å². The first-order valence-corrected chi connectivity index (χ1v) is 8.60. The van der Waals surface area contributed by atoms with Crippen molar-refractivity contribution in [1.29, 1.82) is 0 Å². The molecule has 1 aromatic carbocycles. The Morgan fingerprint density at radius 2 is 2.12 bits per heavy atom. The van der Waals surface area contributed by atoms with Gasteiger partial charge in [0.1, 0.15) is 0 Å². The molecule has 1 aliphatic rings. The van der Waals surface area contributed by atoms with Crippen molar-refractivity contribution < 1.29 is 14.7 Å². The number of carboxylic acid groups (broad SMARTS) is 1. The van der Waals surface area contributed by atoms with Crippen LogP contribution in [-0.4, -0.2) is 50.0 Å². The molecule has 0 unspecified atom stereocenters. The highest BCUT2D eigenvalue weighted by Gasteiger charge is 2.26. The van der Waals surface area contributed by atoms with E-state index < -0.39 is 5.97 Å². The molecule has 2 heterocycles. The molecule has 1 fully saturated rings. The van der Waals surface area contributed by atoms with E-state index in [0.29, 0.717) is 30.2 Å². The summed E-state index contributed by atoms with van der Waals surface area (Å²) in [6.07, 6.45) is 4.11. The number of carbonyl (C=O) groups excluding carboxylic acids is 1. The van der Waals surface area contributed by atoms with Gasteiger partial charge in [-0.1, -0.05) is 28.9 Å². The van der Waals surface area contributed by atoms with Crippen LogP contribution in [0, 0.1) is 5.92 Å². The smallest absolute Gasteiger partial charge is 0.303 e. The molecule has 1 N–H and O–H groups in total. The van der Waals surface area contributed by atoms with Gasteiger partial charge < -0.3 is 10.0 Å². The molecule has 3 rings (SSSR count). The van der Waals surface area contributed by atoms with Gasteiger partial charge in [0.25, 0.3) is 5.91 Å². The van der Waals surface area contributed by atoms with Crippen LogP contribution in [0.25, 0.3) is 5.69 Å². The fourth-order valence-electron chi connectivity index (χ4n) is 3.09. The average Bonchev–Trinajstić information content (AvgIpc) is 3.10. The van der Waals surface area contributed by atoms with Gasteiger partial charge in [-0.25, -0.2) is 4.68 Å². The van der Waals surface area contributed by atoms with E-state index >= 15 is 0 Å². The van der Waals surface area contributed by atoms with Crippen LogP contribution in [0.2, 0.25) is 5.02 Å². The standard InChI is InChI=1S/C17H19ClN4O3/c18-13-5-1-2-6-15(13)22-11-14(19-20-22)17(25)21-9-3-4-12(10-21)7-8-16(23)24/h1-2,5-6,11-12H,3-4,7-10H2,(H,23,24)/t12-/m0/s1. The number of aromatic nitrogens is 3. The number of nitrogens with zero attached hydrogens (tertiary/aromatic N) is 4. The Kier molecular flexibility index (Phi) is 5.33. The first-order valence-electron chi connectivity index (χ1n) is 8.23. The summed E-state index contributed by atoms with van der Waals surface area (Å²) in [5, 5.41) is 17.3. The summed E-state index contributed by atoms with van der Waals surface area (Å²) in [7, 11) is 0. The fourth-order valence-corrected chi connectivity index (χ4v) is 3.31. The SMILES string of the molecule is O=C(O)CC[C@@H]1CCCN(C(=O)c2cn(-c3ccccc3Cl)nn2)C1. The summed E-state index contributed by atoms with van der Waals surface area (Å²) < 4.78 is 1.49. The normalized spacial score (nSPS) is 17.5. The van der Waals surface area contributed by atoms with E-state index in [-0.39, 0.29) is 23.9 Å². The van der Waals surface area contributed by atoms with Crippen LogP contribution in [0.15, 0.2) is 30.5 Å². The van der Waals surface area contributed by atoms with Gasteiger partial charge in [-0.2, -0.15) is 0 Å². The molecule has 0 aliphatic carbocycles. The molecule has 0 spiro atoms. The molecule has 25 heavy (non-hydrogen) atoms. The number of rotatable bonds is 5. The third kappa shape index (κ3) is 4.17. The van der Waals surface area contributed by atoms with Crippen molar-refractivity contribution in [1.82, 2.24) is 19.9 Å². The lowest BCUT2D eigenvalue weighted by molar-refractivity contribution is -0.137. The minimum atomic E-state index is -0.800. The van der Waals surface area contributed by atoms with E-state index in [0.717, 1.165) is 12.8 Å². The number of benzene rings is 1. The number of amides is 1. The van der Waals surface area contributed by atoms with Crippen molar-refractivity contribution in [3.8, 4) is 5.69 Å². The summed E-state index contributed by atoms with van der Waals surface area (Å²) in [5.41, 5.74) is 0.924. The van der Waals surface area contributed by atoms with Crippen LogP contribution in [0.1, 0.15) is 36.2 Å². The van der Waals surface area contributed by atoms with Crippen LogP contribution in [0.3, 0.4) is 0 Å². The fraction of sp³-hybridized carbons (Fsp3) is 0.412. The van der Waals surface area contributed by atoms with Crippen LogP contribution in [-0.2, 0) is 4.79 Å². The van der Waals surface area contributed by atoms with Gasteiger partial charge >= 0.3 is 5.97 Å². The molecule has 2 aromatic rings. The largest absolute Gasteiger partial charge is 0.481 e. The van der Waals surface area contributed by atoms with Crippen molar-refractivity contribution in [2.45, 2.75) is 25.7 Å². The molecule has 0 radical (unpaired) electrons. The van der Waals surface area contributed by atoms with Crippen molar-refractivity contribution in [2.75, 3.05) is 13.1 Å². The second-order valence-corrected chi connectivity index (χ2v) is 6.60. The zero-order valence-corrected chi connectivity index (χ0v) is 14.4. The zero-order chi connectivity index (χ0) is 17.8. The van der Waals surface area contributed by atoms with Crippen molar-refractivity contribution in [2.24, 2.45) is 5.92 Å². The number of hydrogen-bond acceptors (Lipinski definition) is 4. The van der Waals surface area contributed by atoms with E-state index in [1.165, 1.54) is 4.68 Å². The lowest BCUT2D eigenvalue weighted by Gasteiger charge is -2.32. The highest BCUT2D eigenvalue weighted by atomic mass is 35.5.